The molecule has 220 valence electrons. The van der Waals surface area contributed by atoms with Gasteiger partial charge in [0.1, 0.15) is 11.8 Å². The van der Waals surface area contributed by atoms with Crippen molar-refractivity contribution in [1.29, 1.82) is 0 Å². The molecular weight excluding hydrogens is 540 g/mol. The van der Waals surface area contributed by atoms with Crippen molar-refractivity contribution in [2.75, 3.05) is 24.2 Å². The van der Waals surface area contributed by atoms with Crippen LogP contribution in [0.25, 0.3) is 0 Å². The van der Waals surface area contributed by atoms with E-state index in [1.807, 2.05) is 19.1 Å². The molecule has 0 heterocycles. The number of nitrogens with one attached hydrogen (secondary N) is 1. The number of halogens is 2. The predicted molar refractivity (Wildman–Crippen MR) is 150 cm³/mol. The quantitative estimate of drug-likeness (QED) is 0.369. The summed E-state index contributed by atoms with van der Waals surface area (Å²) in [5, 5.41) is 3.13. The van der Waals surface area contributed by atoms with Crippen molar-refractivity contribution in [1.82, 2.24) is 10.2 Å². The van der Waals surface area contributed by atoms with Crippen LogP contribution in [0.4, 0.5) is 14.5 Å². The first-order valence-electron chi connectivity index (χ1n) is 13.7. The monoisotopic (exact) mass is 579 g/mol. The predicted octanol–water partition coefficient (Wildman–Crippen LogP) is 4.78. The van der Waals surface area contributed by atoms with Gasteiger partial charge in [0.15, 0.2) is 11.6 Å². The number of benzene rings is 2. The third-order valence-electron chi connectivity index (χ3n) is 7.17. The summed E-state index contributed by atoms with van der Waals surface area (Å²) in [6.07, 6.45) is 6.53. The molecule has 1 atom stereocenters. The molecule has 1 aliphatic carbocycles. The summed E-state index contributed by atoms with van der Waals surface area (Å²) in [5.74, 6) is -2.14. The van der Waals surface area contributed by atoms with Crippen molar-refractivity contribution in [3.8, 4) is 5.75 Å². The minimum atomic E-state index is -3.83. The summed E-state index contributed by atoms with van der Waals surface area (Å²) in [7, 11) is -2.28. The number of carbonyl (C=O) groups excluding carboxylic acids is 2. The molecule has 3 rings (SSSR count). The van der Waals surface area contributed by atoms with E-state index in [4.69, 9.17) is 4.74 Å². The number of amides is 2. The van der Waals surface area contributed by atoms with Crippen LogP contribution >= 0.6 is 0 Å². The molecule has 2 aromatic carbocycles. The molecular formula is C29H39F2N3O5S. The lowest BCUT2D eigenvalue weighted by molar-refractivity contribution is -0.141. The van der Waals surface area contributed by atoms with Crippen molar-refractivity contribution >= 4 is 27.5 Å². The van der Waals surface area contributed by atoms with Gasteiger partial charge in [0.2, 0.25) is 21.8 Å². The molecule has 1 N–H and O–H groups in total. The molecule has 0 bridgehead atoms. The van der Waals surface area contributed by atoms with Gasteiger partial charge in [-0.25, -0.2) is 17.2 Å². The Labute approximate surface area is 235 Å². The largest absolute Gasteiger partial charge is 0.497 e. The first-order chi connectivity index (χ1) is 19.0. The van der Waals surface area contributed by atoms with E-state index in [9.17, 15) is 26.8 Å². The molecule has 0 spiro atoms. The number of rotatable bonds is 13. The Morgan fingerprint density at radius 3 is 2.42 bits per heavy atom. The first kappa shape index (κ1) is 31.3. The van der Waals surface area contributed by atoms with Crippen molar-refractivity contribution in [3.63, 3.8) is 0 Å². The maximum atomic E-state index is 13.8. The molecule has 0 aliphatic heterocycles. The molecule has 2 amide bonds. The first-order valence-corrected chi connectivity index (χ1v) is 15.5. The maximum Gasteiger partial charge on any atom is 0.243 e. The number of carbonyl (C=O) groups is 2. The van der Waals surface area contributed by atoms with Gasteiger partial charge in [-0.3, -0.25) is 13.9 Å². The van der Waals surface area contributed by atoms with Gasteiger partial charge in [0.25, 0.3) is 0 Å². The van der Waals surface area contributed by atoms with Crippen LogP contribution in [0.3, 0.4) is 0 Å². The highest BCUT2D eigenvalue weighted by molar-refractivity contribution is 7.92. The van der Waals surface area contributed by atoms with E-state index in [1.165, 1.54) is 11.0 Å². The highest BCUT2D eigenvalue weighted by atomic mass is 32.2. The lowest BCUT2D eigenvalue weighted by atomic mass is 9.95. The Hall–Kier alpha value is -3.21. The number of hydrogen-bond donors (Lipinski definition) is 1. The van der Waals surface area contributed by atoms with Crippen LogP contribution in [0.15, 0.2) is 42.5 Å². The smallest absolute Gasteiger partial charge is 0.243 e. The SMILES string of the molecule is CCC(C(=O)NC1CCCCC1)N(Cc1cccc(OC)c1)C(=O)CCCN(c1ccc(F)c(F)c1)S(C)(=O)=O. The summed E-state index contributed by atoms with van der Waals surface area (Å²) in [4.78, 5) is 28.5. The number of nitrogens with zero attached hydrogens (tertiary/aromatic N) is 2. The van der Waals surface area contributed by atoms with Crippen LogP contribution in [0.2, 0.25) is 0 Å². The van der Waals surface area contributed by atoms with E-state index in [-0.39, 0.29) is 49.5 Å². The summed E-state index contributed by atoms with van der Waals surface area (Å²) in [5.41, 5.74) is 0.761. The van der Waals surface area contributed by atoms with Crippen molar-refractivity contribution in [2.24, 2.45) is 0 Å². The van der Waals surface area contributed by atoms with Crippen LogP contribution in [-0.2, 0) is 26.2 Å². The summed E-state index contributed by atoms with van der Waals surface area (Å²) in [6.45, 7) is 1.91. The third-order valence-corrected chi connectivity index (χ3v) is 8.36. The number of hydrogen-bond acceptors (Lipinski definition) is 5. The van der Waals surface area contributed by atoms with Gasteiger partial charge in [-0.1, -0.05) is 38.3 Å². The average molecular weight is 580 g/mol. The van der Waals surface area contributed by atoms with E-state index >= 15 is 0 Å². The molecule has 0 aromatic heterocycles. The molecule has 0 saturated heterocycles. The molecule has 0 radical (unpaired) electrons. The second kappa shape index (κ2) is 14.4. The van der Waals surface area contributed by atoms with Crippen LogP contribution in [0.1, 0.15) is 63.9 Å². The minimum absolute atomic E-state index is 0.0274. The lowest BCUT2D eigenvalue weighted by Crippen LogP contribution is -2.51. The molecule has 1 aliphatic rings. The molecule has 1 fully saturated rings. The summed E-state index contributed by atoms with van der Waals surface area (Å²) >= 11 is 0. The Morgan fingerprint density at radius 2 is 1.80 bits per heavy atom. The van der Waals surface area contributed by atoms with Crippen LogP contribution in [0.5, 0.6) is 5.75 Å². The highest BCUT2D eigenvalue weighted by Crippen LogP contribution is 2.23. The number of sulfonamides is 1. The fourth-order valence-electron chi connectivity index (χ4n) is 5.08. The van der Waals surface area contributed by atoms with Crippen LogP contribution in [-0.4, -0.2) is 57.1 Å². The summed E-state index contributed by atoms with van der Waals surface area (Å²) in [6, 6.07) is 9.49. The van der Waals surface area contributed by atoms with Gasteiger partial charge in [-0.2, -0.15) is 0 Å². The topological polar surface area (TPSA) is 96.0 Å². The van der Waals surface area contributed by atoms with Crippen molar-refractivity contribution < 1.29 is 31.5 Å². The third kappa shape index (κ3) is 8.64. The average Bonchev–Trinajstić information content (AvgIpc) is 2.92. The Bertz CT molecular complexity index is 1270. The summed E-state index contributed by atoms with van der Waals surface area (Å²) < 4.78 is 58.3. The van der Waals surface area contributed by atoms with Gasteiger partial charge in [0.05, 0.1) is 19.1 Å². The lowest BCUT2D eigenvalue weighted by Gasteiger charge is -2.33. The van der Waals surface area contributed by atoms with Gasteiger partial charge in [-0.05, 0) is 55.5 Å². The van der Waals surface area contributed by atoms with Gasteiger partial charge < -0.3 is 15.0 Å². The Kier molecular flexibility index (Phi) is 11.3. The van der Waals surface area contributed by atoms with Crippen LogP contribution in [0, 0.1) is 11.6 Å². The minimum Gasteiger partial charge on any atom is -0.497 e. The molecule has 11 heteroatoms. The number of anilines is 1. The van der Waals surface area contributed by atoms with Gasteiger partial charge in [0, 0.05) is 31.6 Å². The molecule has 8 nitrogen and oxygen atoms in total. The fraction of sp³-hybridized carbons (Fsp3) is 0.517. The molecule has 1 saturated carbocycles. The Balaban J connectivity index is 1.78. The molecule has 1 unspecified atom stereocenters. The van der Waals surface area contributed by atoms with E-state index in [2.05, 4.69) is 5.32 Å². The van der Waals surface area contributed by atoms with Crippen molar-refractivity contribution in [3.05, 3.63) is 59.7 Å². The van der Waals surface area contributed by atoms with Gasteiger partial charge >= 0.3 is 0 Å². The molecule has 40 heavy (non-hydrogen) atoms. The highest BCUT2D eigenvalue weighted by Gasteiger charge is 2.30. The Morgan fingerprint density at radius 1 is 1.07 bits per heavy atom. The fourth-order valence-corrected chi connectivity index (χ4v) is 6.03. The normalized spacial score (nSPS) is 14.8. The van der Waals surface area contributed by atoms with E-state index < -0.39 is 27.7 Å². The van der Waals surface area contributed by atoms with E-state index in [0.717, 1.165) is 60.4 Å². The van der Waals surface area contributed by atoms with E-state index in [0.29, 0.717) is 12.2 Å². The maximum absolute atomic E-state index is 13.8. The van der Waals surface area contributed by atoms with Crippen LogP contribution < -0.4 is 14.4 Å². The number of ether oxygens (including phenoxy) is 1. The van der Waals surface area contributed by atoms with Gasteiger partial charge in [-0.15, -0.1) is 0 Å². The zero-order valence-corrected chi connectivity index (χ0v) is 24.2. The second-order valence-electron chi connectivity index (χ2n) is 10.2. The standard InChI is InChI=1S/C29H39F2N3O5S/c1-4-27(29(36)32-22-11-6-5-7-12-22)33(20-21-10-8-13-24(18-21)39-2)28(35)14-9-17-34(40(3,37)38)23-15-16-25(30)26(31)19-23/h8,10,13,15-16,18-19,22,27H,4-7,9,11-12,14,17,20H2,1-3H3,(H,32,36). The second-order valence-corrected chi connectivity index (χ2v) is 12.1. The zero-order valence-electron chi connectivity index (χ0n) is 23.4. The molecule has 2 aromatic rings. The van der Waals surface area contributed by atoms with E-state index in [1.54, 1.807) is 19.2 Å². The van der Waals surface area contributed by atoms with Crippen molar-refractivity contribution in [2.45, 2.75) is 76.9 Å². The number of methoxy groups -OCH3 is 1. The zero-order chi connectivity index (χ0) is 29.3.